The summed E-state index contributed by atoms with van der Waals surface area (Å²) in [5, 5.41) is 18.6. The Kier molecular flexibility index (Phi) is 10.9. The number of urea groups is 1. The number of nitrogens with one attached hydrogen (secondary N) is 3. The third-order valence-corrected chi connectivity index (χ3v) is 13.2. The molecule has 1 aromatic carbocycles. The Hall–Kier alpha value is -4.46. The van der Waals surface area contributed by atoms with E-state index >= 15 is 0 Å². The highest BCUT2D eigenvalue weighted by atomic mass is 35.5. The van der Waals surface area contributed by atoms with Crippen LogP contribution in [-0.2, 0) is 19.6 Å². The van der Waals surface area contributed by atoms with Crippen LogP contribution in [0.1, 0.15) is 70.4 Å². The molecule has 4 amide bonds. The van der Waals surface area contributed by atoms with Crippen LogP contribution in [0.4, 0.5) is 4.79 Å². The van der Waals surface area contributed by atoms with Gasteiger partial charge in [0.15, 0.2) is 4.75 Å². The zero-order chi connectivity index (χ0) is 38.1. The summed E-state index contributed by atoms with van der Waals surface area (Å²) in [6.07, 6.45) is 6.25. The highest BCUT2D eigenvalue weighted by Crippen LogP contribution is 2.47. The molecular weight excluding hydrogens is 742 g/mol. The molecule has 53 heavy (non-hydrogen) atoms. The fraction of sp³-hybridized carbons (Fsp3) is 0.500. The van der Waals surface area contributed by atoms with Crippen molar-refractivity contribution in [1.82, 2.24) is 30.2 Å². The molecule has 0 radical (unpaired) electrons. The molecular formula is C36H42ClN7O7S2. The zero-order valence-electron chi connectivity index (χ0n) is 29.9. The van der Waals surface area contributed by atoms with Crippen LogP contribution in [0.2, 0.25) is 5.02 Å². The monoisotopic (exact) mass is 783 g/mol. The Morgan fingerprint density at radius 1 is 1.23 bits per heavy atom. The summed E-state index contributed by atoms with van der Waals surface area (Å²) in [5.41, 5.74) is 0.303. The van der Waals surface area contributed by atoms with Gasteiger partial charge in [-0.3, -0.25) is 9.59 Å². The van der Waals surface area contributed by atoms with Crippen molar-refractivity contribution < 1.29 is 32.3 Å². The van der Waals surface area contributed by atoms with Crippen molar-refractivity contribution >= 4 is 61.7 Å². The zero-order valence-corrected chi connectivity index (χ0v) is 32.3. The van der Waals surface area contributed by atoms with E-state index in [9.17, 15) is 28.1 Å². The average molecular weight is 784 g/mol. The molecule has 1 aliphatic heterocycles. The number of halogens is 1. The fourth-order valence-electron chi connectivity index (χ4n) is 6.21. The normalized spacial score (nSPS) is 22.9. The van der Waals surface area contributed by atoms with Gasteiger partial charge >= 0.3 is 6.03 Å². The Balaban J connectivity index is 1.27. The van der Waals surface area contributed by atoms with Crippen LogP contribution in [0.15, 0.2) is 35.7 Å². The van der Waals surface area contributed by atoms with E-state index in [1.807, 2.05) is 17.5 Å². The second-order valence-electron chi connectivity index (χ2n) is 14.0. The number of benzene rings is 1. The highest BCUT2D eigenvalue weighted by molar-refractivity contribution is 7.92. The number of ether oxygens (including phenoxy) is 2. The van der Waals surface area contributed by atoms with Crippen LogP contribution >= 0.6 is 22.9 Å². The average Bonchev–Trinajstić information content (AvgIpc) is 4.02. The summed E-state index contributed by atoms with van der Waals surface area (Å²) in [6, 6.07) is 5.37. The number of sulfonamides is 1. The topological polar surface area (TPSA) is 193 Å². The second-order valence-corrected chi connectivity index (χ2v) is 17.2. The molecule has 2 saturated carbocycles. The summed E-state index contributed by atoms with van der Waals surface area (Å²) in [4.78, 5) is 52.0. The Labute approximate surface area is 317 Å². The van der Waals surface area contributed by atoms with E-state index in [0.29, 0.717) is 57.5 Å². The van der Waals surface area contributed by atoms with Crippen molar-refractivity contribution in [3.05, 3.63) is 46.4 Å². The lowest BCUT2D eigenvalue weighted by Crippen LogP contribution is -2.58. The van der Waals surface area contributed by atoms with E-state index in [1.165, 1.54) is 23.3 Å². The summed E-state index contributed by atoms with van der Waals surface area (Å²) < 4.78 is 38.2. The van der Waals surface area contributed by atoms with Gasteiger partial charge in [0.25, 0.3) is 15.9 Å². The van der Waals surface area contributed by atoms with E-state index in [-0.39, 0.29) is 38.2 Å². The van der Waals surface area contributed by atoms with Gasteiger partial charge in [-0.1, -0.05) is 37.6 Å². The molecule has 3 N–H and O–H groups in total. The Bertz CT molecular complexity index is 2110. The number of nitriles is 1. The number of allylic oxidation sites excluding steroid dienone is 1. The SMILES string of the molecule is COc1ccc2c(OCC[C@@H]3NC(=O)N(C)CCCCC=C[C@@H]4C[C@@]4(C(=O)NS(=O)(=O)C4(C#N)CC4)NC3=O)cc(-c3nc(C(C)C)cs3)nc2c1Cl. The fourth-order valence-corrected chi connectivity index (χ4v) is 8.81. The van der Waals surface area contributed by atoms with Gasteiger partial charge in [-0.15, -0.1) is 11.3 Å². The molecule has 6 rings (SSSR count). The maximum Gasteiger partial charge on any atom is 0.317 e. The van der Waals surface area contributed by atoms with Crippen LogP contribution in [0.25, 0.3) is 21.6 Å². The molecule has 0 unspecified atom stereocenters. The molecule has 0 bridgehead atoms. The molecule has 0 spiro atoms. The number of nitrogens with zero attached hydrogens (tertiary/aromatic N) is 4. The van der Waals surface area contributed by atoms with Gasteiger partial charge in [0.1, 0.15) is 38.8 Å². The number of amides is 4. The molecule has 17 heteroatoms. The van der Waals surface area contributed by atoms with Crippen LogP contribution in [0.5, 0.6) is 11.5 Å². The number of pyridine rings is 1. The van der Waals surface area contributed by atoms with E-state index in [1.54, 1.807) is 31.3 Å². The third-order valence-electron chi connectivity index (χ3n) is 9.92. The summed E-state index contributed by atoms with van der Waals surface area (Å²) in [7, 11) is -1.18. The predicted molar refractivity (Wildman–Crippen MR) is 200 cm³/mol. The first-order valence-corrected chi connectivity index (χ1v) is 20.2. The van der Waals surface area contributed by atoms with Crippen molar-refractivity contribution in [1.29, 1.82) is 5.26 Å². The van der Waals surface area contributed by atoms with Gasteiger partial charge in [0, 0.05) is 42.8 Å². The lowest BCUT2D eigenvalue weighted by Gasteiger charge is -2.26. The number of methoxy groups -OCH3 is 1. The third kappa shape index (κ3) is 7.78. The Morgan fingerprint density at radius 2 is 2.00 bits per heavy atom. The number of aromatic nitrogens is 2. The van der Waals surface area contributed by atoms with Gasteiger partial charge in [-0.25, -0.2) is 27.9 Å². The number of hydrogen-bond donors (Lipinski definition) is 3. The van der Waals surface area contributed by atoms with Gasteiger partial charge in [0.2, 0.25) is 5.91 Å². The number of carbonyl (C=O) groups excluding carboxylic acids is 3. The van der Waals surface area contributed by atoms with Gasteiger partial charge in [-0.05, 0) is 56.6 Å². The van der Waals surface area contributed by atoms with E-state index in [4.69, 9.17) is 31.0 Å². The minimum atomic E-state index is -4.32. The number of fused-ring (bicyclic) bond motifs is 2. The molecule has 282 valence electrons. The lowest BCUT2D eigenvalue weighted by atomic mass is 10.1. The maximum atomic E-state index is 14.0. The van der Waals surface area contributed by atoms with Crippen molar-refractivity contribution in [2.24, 2.45) is 5.92 Å². The van der Waals surface area contributed by atoms with Gasteiger partial charge < -0.3 is 25.0 Å². The molecule has 3 aliphatic rings. The molecule has 0 saturated heterocycles. The van der Waals surface area contributed by atoms with Crippen molar-refractivity contribution in [3.8, 4) is 28.3 Å². The van der Waals surface area contributed by atoms with Crippen LogP contribution in [0.3, 0.4) is 0 Å². The van der Waals surface area contributed by atoms with Crippen molar-refractivity contribution in [3.63, 3.8) is 0 Å². The first-order valence-electron chi connectivity index (χ1n) is 17.5. The second kappa shape index (κ2) is 15.1. The minimum absolute atomic E-state index is 0.0166. The minimum Gasteiger partial charge on any atom is -0.495 e. The van der Waals surface area contributed by atoms with E-state index in [2.05, 4.69) is 29.2 Å². The largest absolute Gasteiger partial charge is 0.495 e. The standard InChI is InChI=1S/C36H42ClN7O7S2/c1-21(2)26-19-52-32(40-26)25-17-28(23-10-11-27(50-4)29(37)30(23)39-25)51-16-12-24-31(45)42-36(33(46)43-53(48,49)35(20-38)13-14-35)18-22(36)9-7-5-6-8-15-44(3)34(47)41-24/h7,9-11,17,19,21-22,24H,5-6,8,12-16,18H2,1-4H3,(H,41,47)(H,42,45)(H,43,46)/t22-,24+,36-/m1/s1. The number of carbonyl (C=O) groups is 3. The molecule has 3 aromatic rings. The number of thiazole rings is 1. The molecule has 2 fully saturated rings. The predicted octanol–water partition coefficient (Wildman–Crippen LogP) is 5.04. The first kappa shape index (κ1) is 38.3. The number of rotatable bonds is 10. The van der Waals surface area contributed by atoms with Crippen molar-refractivity contribution in [2.45, 2.75) is 81.0 Å². The van der Waals surface area contributed by atoms with Crippen LogP contribution in [-0.4, -0.2) is 84.8 Å². The smallest absolute Gasteiger partial charge is 0.317 e. The summed E-state index contributed by atoms with van der Waals surface area (Å²) in [6.45, 7) is 4.51. The molecule has 2 aliphatic carbocycles. The molecule has 3 atom stereocenters. The molecule has 2 aromatic heterocycles. The summed E-state index contributed by atoms with van der Waals surface area (Å²) >= 11 is 8.16. The lowest BCUT2D eigenvalue weighted by molar-refractivity contribution is -0.130. The van der Waals surface area contributed by atoms with Gasteiger partial charge in [-0.2, -0.15) is 5.26 Å². The quantitative estimate of drug-likeness (QED) is 0.235. The summed E-state index contributed by atoms with van der Waals surface area (Å²) in [5.74, 6) is -1.03. The van der Waals surface area contributed by atoms with Crippen molar-refractivity contribution in [2.75, 3.05) is 27.3 Å². The Morgan fingerprint density at radius 3 is 2.68 bits per heavy atom. The molecule has 14 nitrogen and oxygen atoms in total. The highest BCUT2D eigenvalue weighted by Gasteiger charge is 2.63. The van der Waals surface area contributed by atoms with Gasteiger partial charge in [0.05, 0.1) is 31.0 Å². The maximum absolute atomic E-state index is 14.0. The number of hydrogen-bond acceptors (Lipinski definition) is 11. The first-order chi connectivity index (χ1) is 25.2. The van der Waals surface area contributed by atoms with Crippen LogP contribution < -0.4 is 24.8 Å². The molecule has 3 heterocycles. The van der Waals surface area contributed by atoms with Crippen LogP contribution in [0, 0.1) is 17.2 Å². The van der Waals surface area contributed by atoms with E-state index < -0.39 is 50.1 Å². The van der Waals surface area contributed by atoms with E-state index in [0.717, 1.165) is 12.1 Å².